The SMILES string of the molecule is CC(C)CNC(C)c1nnnn1-c1ccc(Cl)cc1F. The van der Waals surface area contributed by atoms with Crippen molar-refractivity contribution in [1.29, 1.82) is 0 Å². The van der Waals surface area contributed by atoms with Crippen LogP contribution in [-0.2, 0) is 0 Å². The molecule has 108 valence electrons. The van der Waals surface area contributed by atoms with Gasteiger partial charge in [0.25, 0.3) is 0 Å². The quantitative estimate of drug-likeness (QED) is 0.922. The molecule has 0 spiro atoms. The van der Waals surface area contributed by atoms with Crippen LogP contribution in [-0.4, -0.2) is 26.8 Å². The number of tetrazole rings is 1. The maximum atomic E-state index is 13.9. The summed E-state index contributed by atoms with van der Waals surface area (Å²) >= 11 is 5.75. The first-order valence-electron chi connectivity index (χ1n) is 6.46. The zero-order valence-electron chi connectivity index (χ0n) is 11.6. The molecule has 0 radical (unpaired) electrons. The lowest BCUT2D eigenvalue weighted by molar-refractivity contribution is 0.473. The summed E-state index contributed by atoms with van der Waals surface area (Å²) in [6, 6.07) is 4.33. The average Bonchev–Trinajstić information content (AvgIpc) is 2.85. The van der Waals surface area contributed by atoms with Crippen molar-refractivity contribution in [2.24, 2.45) is 5.92 Å². The number of nitrogens with one attached hydrogen (secondary N) is 1. The molecule has 2 rings (SSSR count). The first kappa shape index (κ1) is 14.9. The summed E-state index contributed by atoms with van der Waals surface area (Å²) in [7, 11) is 0. The third kappa shape index (κ3) is 3.32. The number of halogens is 2. The van der Waals surface area contributed by atoms with E-state index in [2.05, 4.69) is 34.7 Å². The first-order valence-corrected chi connectivity index (χ1v) is 6.84. The molecular formula is C13H17ClFN5. The highest BCUT2D eigenvalue weighted by atomic mass is 35.5. The fourth-order valence-corrected chi connectivity index (χ4v) is 1.95. The van der Waals surface area contributed by atoms with Crippen molar-refractivity contribution in [3.8, 4) is 5.69 Å². The van der Waals surface area contributed by atoms with Gasteiger partial charge < -0.3 is 5.32 Å². The Morgan fingerprint density at radius 2 is 2.10 bits per heavy atom. The van der Waals surface area contributed by atoms with Crippen LogP contribution in [0.2, 0.25) is 5.02 Å². The molecule has 0 aliphatic heterocycles. The molecule has 0 saturated carbocycles. The summed E-state index contributed by atoms with van der Waals surface area (Å²) in [4.78, 5) is 0. The Balaban J connectivity index is 2.28. The van der Waals surface area contributed by atoms with Gasteiger partial charge in [-0.05, 0) is 48.0 Å². The van der Waals surface area contributed by atoms with Gasteiger partial charge in [-0.15, -0.1) is 5.10 Å². The number of rotatable bonds is 5. The molecule has 0 aliphatic rings. The van der Waals surface area contributed by atoms with Gasteiger partial charge in [0.1, 0.15) is 11.5 Å². The zero-order chi connectivity index (χ0) is 14.7. The third-order valence-corrected chi connectivity index (χ3v) is 3.09. The number of benzene rings is 1. The van der Waals surface area contributed by atoms with Gasteiger partial charge in [0.15, 0.2) is 5.82 Å². The van der Waals surface area contributed by atoms with E-state index in [1.807, 2.05) is 6.92 Å². The Morgan fingerprint density at radius 1 is 1.35 bits per heavy atom. The van der Waals surface area contributed by atoms with Gasteiger partial charge in [-0.3, -0.25) is 0 Å². The molecule has 1 aromatic carbocycles. The second kappa shape index (κ2) is 6.28. The molecule has 1 heterocycles. The predicted molar refractivity (Wildman–Crippen MR) is 75.4 cm³/mol. The van der Waals surface area contributed by atoms with Crippen molar-refractivity contribution in [1.82, 2.24) is 25.5 Å². The number of hydrogen-bond donors (Lipinski definition) is 1. The van der Waals surface area contributed by atoms with Crippen LogP contribution >= 0.6 is 11.6 Å². The van der Waals surface area contributed by atoms with Crippen LogP contribution < -0.4 is 5.32 Å². The Labute approximate surface area is 122 Å². The Hall–Kier alpha value is -1.53. The van der Waals surface area contributed by atoms with Crippen molar-refractivity contribution >= 4 is 11.6 Å². The molecule has 0 amide bonds. The average molecular weight is 298 g/mol. The highest BCUT2D eigenvalue weighted by molar-refractivity contribution is 6.30. The Bertz CT molecular complexity index is 584. The summed E-state index contributed by atoms with van der Waals surface area (Å²) in [6.07, 6.45) is 0. The van der Waals surface area contributed by atoms with Crippen LogP contribution in [0.5, 0.6) is 0 Å². The summed E-state index contributed by atoms with van der Waals surface area (Å²) in [5.74, 6) is 0.614. The van der Waals surface area contributed by atoms with Crippen LogP contribution in [0.15, 0.2) is 18.2 Å². The van der Waals surface area contributed by atoms with Gasteiger partial charge in [0.2, 0.25) is 0 Å². The maximum Gasteiger partial charge on any atom is 0.173 e. The first-order chi connectivity index (χ1) is 9.49. The molecule has 1 aromatic heterocycles. The van der Waals surface area contributed by atoms with Gasteiger partial charge in [-0.25, -0.2) is 4.39 Å². The van der Waals surface area contributed by atoms with Crippen LogP contribution in [0, 0.1) is 11.7 Å². The van der Waals surface area contributed by atoms with E-state index in [-0.39, 0.29) is 11.7 Å². The Morgan fingerprint density at radius 3 is 2.75 bits per heavy atom. The molecule has 0 aliphatic carbocycles. The van der Waals surface area contributed by atoms with E-state index in [9.17, 15) is 4.39 Å². The molecule has 0 saturated heterocycles. The van der Waals surface area contributed by atoms with Crippen LogP contribution in [0.3, 0.4) is 0 Å². The molecular weight excluding hydrogens is 281 g/mol. The largest absolute Gasteiger partial charge is 0.307 e. The summed E-state index contributed by atoms with van der Waals surface area (Å²) in [6.45, 7) is 7.00. The zero-order valence-corrected chi connectivity index (χ0v) is 12.4. The van der Waals surface area contributed by atoms with E-state index in [1.54, 1.807) is 12.1 Å². The molecule has 1 unspecified atom stereocenters. The molecule has 0 bridgehead atoms. The van der Waals surface area contributed by atoms with Crippen LogP contribution in [0.4, 0.5) is 4.39 Å². The molecule has 0 fully saturated rings. The normalized spacial score (nSPS) is 12.9. The minimum atomic E-state index is -0.456. The Kier molecular flexibility index (Phi) is 4.67. The molecule has 1 N–H and O–H groups in total. The lowest BCUT2D eigenvalue weighted by atomic mass is 10.2. The minimum Gasteiger partial charge on any atom is -0.307 e. The maximum absolute atomic E-state index is 13.9. The topological polar surface area (TPSA) is 55.6 Å². The third-order valence-electron chi connectivity index (χ3n) is 2.85. The van der Waals surface area contributed by atoms with Crippen molar-refractivity contribution in [2.45, 2.75) is 26.8 Å². The second-order valence-corrected chi connectivity index (χ2v) is 5.50. The predicted octanol–water partition coefficient (Wildman–Crippen LogP) is 2.76. The monoisotopic (exact) mass is 297 g/mol. The van der Waals surface area contributed by atoms with E-state index in [0.717, 1.165) is 6.54 Å². The molecule has 20 heavy (non-hydrogen) atoms. The van der Waals surface area contributed by atoms with Gasteiger partial charge in [0.05, 0.1) is 6.04 Å². The highest BCUT2D eigenvalue weighted by Gasteiger charge is 2.18. The smallest absolute Gasteiger partial charge is 0.173 e. The van der Waals surface area contributed by atoms with E-state index < -0.39 is 5.82 Å². The van der Waals surface area contributed by atoms with E-state index in [4.69, 9.17) is 11.6 Å². The van der Waals surface area contributed by atoms with E-state index in [0.29, 0.717) is 16.8 Å². The summed E-state index contributed by atoms with van der Waals surface area (Å²) in [5.41, 5.74) is 0.285. The van der Waals surface area contributed by atoms with Gasteiger partial charge >= 0.3 is 0 Å². The number of aromatic nitrogens is 4. The van der Waals surface area contributed by atoms with Crippen LogP contribution in [0.25, 0.3) is 5.69 Å². The van der Waals surface area contributed by atoms with Crippen molar-refractivity contribution < 1.29 is 4.39 Å². The second-order valence-electron chi connectivity index (χ2n) is 5.07. The molecule has 2 aromatic rings. The number of nitrogens with zero attached hydrogens (tertiary/aromatic N) is 4. The van der Waals surface area contributed by atoms with Crippen molar-refractivity contribution in [3.63, 3.8) is 0 Å². The molecule has 7 heteroatoms. The number of hydrogen-bond acceptors (Lipinski definition) is 4. The van der Waals surface area contributed by atoms with E-state index in [1.165, 1.54) is 10.7 Å². The van der Waals surface area contributed by atoms with Crippen molar-refractivity contribution in [2.75, 3.05) is 6.54 Å². The lowest BCUT2D eigenvalue weighted by Crippen LogP contribution is -2.26. The van der Waals surface area contributed by atoms with Gasteiger partial charge in [0, 0.05) is 5.02 Å². The van der Waals surface area contributed by atoms with E-state index >= 15 is 0 Å². The van der Waals surface area contributed by atoms with Gasteiger partial charge in [-0.1, -0.05) is 25.4 Å². The highest BCUT2D eigenvalue weighted by Crippen LogP contribution is 2.20. The van der Waals surface area contributed by atoms with Crippen LogP contribution in [0.1, 0.15) is 32.6 Å². The van der Waals surface area contributed by atoms with Gasteiger partial charge in [-0.2, -0.15) is 4.68 Å². The standard InChI is InChI=1S/C13H17ClFN5/c1-8(2)7-16-9(3)13-17-18-19-20(13)12-5-4-10(14)6-11(12)15/h4-6,8-9,16H,7H2,1-3H3. The lowest BCUT2D eigenvalue weighted by Gasteiger charge is -2.15. The minimum absolute atomic E-state index is 0.0810. The fraction of sp³-hybridized carbons (Fsp3) is 0.462. The summed E-state index contributed by atoms with van der Waals surface area (Å²) < 4.78 is 15.3. The molecule has 5 nitrogen and oxygen atoms in total. The fourth-order valence-electron chi connectivity index (χ4n) is 1.79. The molecule has 1 atom stereocenters. The van der Waals surface area contributed by atoms with Crippen molar-refractivity contribution in [3.05, 3.63) is 34.9 Å². The summed E-state index contributed by atoms with van der Waals surface area (Å²) in [5, 5.41) is 15.1.